The molecule has 3 aromatic rings. The minimum Gasteiger partial charge on any atom is -0.457 e. The first-order chi connectivity index (χ1) is 13.5. The number of ether oxygens (including phenoxy) is 1. The maximum absolute atomic E-state index is 13.0. The summed E-state index contributed by atoms with van der Waals surface area (Å²) in [7, 11) is 0. The Balaban J connectivity index is 0.00000300. The summed E-state index contributed by atoms with van der Waals surface area (Å²) in [5, 5.41) is 1.40. The second-order valence-corrected chi connectivity index (χ2v) is 7.20. The lowest BCUT2D eigenvalue weighted by Gasteiger charge is -2.23. The van der Waals surface area contributed by atoms with Crippen LogP contribution < -0.4 is 15.4 Å². The van der Waals surface area contributed by atoms with Gasteiger partial charge in [-0.2, -0.15) is 0 Å². The largest absolute Gasteiger partial charge is 0.457 e. The summed E-state index contributed by atoms with van der Waals surface area (Å²) < 4.78 is 5.78. The molecule has 0 fully saturated rings. The van der Waals surface area contributed by atoms with Gasteiger partial charge in [-0.1, -0.05) is 34.8 Å². The number of rotatable bonds is 6. The minimum absolute atomic E-state index is 0. The van der Waals surface area contributed by atoms with Crippen LogP contribution in [0.2, 0.25) is 15.1 Å². The predicted molar refractivity (Wildman–Crippen MR) is 122 cm³/mol. The van der Waals surface area contributed by atoms with Gasteiger partial charge in [0.25, 0.3) is 5.91 Å². The SMILES string of the molecule is Cl.NCCN(C(=O)c1ccc(Cl)cc1Cl)c1ccc(Oc2ccc(Cl)cc2)cc1. The second kappa shape index (κ2) is 10.7. The number of anilines is 1. The fourth-order valence-electron chi connectivity index (χ4n) is 2.62. The van der Waals surface area contributed by atoms with Gasteiger partial charge in [-0.15, -0.1) is 12.4 Å². The van der Waals surface area contributed by atoms with E-state index in [0.29, 0.717) is 50.9 Å². The summed E-state index contributed by atoms with van der Waals surface area (Å²) in [6, 6.07) is 19.0. The highest BCUT2D eigenvalue weighted by atomic mass is 35.5. The number of hydrogen-bond donors (Lipinski definition) is 1. The molecule has 3 aromatic carbocycles. The third kappa shape index (κ3) is 6.01. The lowest BCUT2D eigenvalue weighted by atomic mass is 10.1. The van der Waals surface area contributed by atoms with Crippen LogP contribution in [0.5, 0.6) is 11.5 Å². The first kappa shape index (κ1) is 23.3. The molecule has 0 unspecified atom stereocenters. The molecule has 3 rings (SSSR count). The second-order valence-electron chi connectivity index (χ2n) is 5.92. The molecule has 0 bridgehead atoms. The van der Waals surface area contributed by atoms with Crippen molar-refractivity contribution in [2.24, 2.45) is 5.73 Å². The number of halogens is 4. The van der Waals surface area contributed by atoms with E-state index in [1.54, 1.807) is 71.6 Å². The molecule has 0 aliphatic carbocycles. The first-order valence-electron chi connectivity index (χ1n) is 8.48. The van der Waals surface area contributed by atoms with Crippen molar-refractivity contribution in [3.05, 3.63) is 87.4 Å². The average Bonchev–Trinajstić information content (AvgIpc) is 2.68. The Morgan fingerprint density at radius 2 is 1.41 bits per heavy atom. The van der Waals surface area contributed by atoms with Crippen molar-refractivity contribution in [2.45, 2.75) is 0 Å². The van der Waals surface area contributed by atoms with Gasteiger partial charge in [0.2, 0.25) is 0 Å². The zero-order valence-electron chi connectivity index (χ0n) is 15.1. The smallest absolute Gasteiger partial charge is 0.259 e. The highest BCUT2D eigenvalue weighted by Gasteiger charge is 2.20. The molecule has 1 amide bonds. The lowest BCUT2D eigenvalue weighted by Crippen LogP contribution is -2.35. The molecule has 0 heterocycles. The number of carbonyl (C=O) groups excluding carboxylic acids is 1. The van der Waals surface area contributed by atoms with Crippen molar-refractivity contribution in [2.75, 3.05) is 18.0 Å². The molecular weight excluding hydrogens is 454 g/mol. The monoisotopic (exact) mass is 470 g/mol. The summed E-state index contributed by atoms with van der Waals surface area (Å²) in [5.74, 6) is 1.05. The molecule has 4 nitrogen and oxygen atoms in total. The van der Waals surface area contributed by atoms with Gasteiger partial charge < -0.3 is 15.4 Å². The van der Waals surface area contributed by atoms with Crippen LogP contribution >= 0.6 is 47.2 Å². The number of hydrogen-bond acceptors (Lipinski definition) is 3. The van der Waals surface area contributed by atoms with Crippen molar-refractivity contribution in [1.82, 2.24) is 0 Å². The van der Waals surface area contributed by atoms with Crippen molar-refractivity contribution in [3.8, 4) is 11.5 Å². The van der Waals surface area contributed by atoms with Gasteiger partial charge in [-0.3, -0.25) is 4.79 Å². The summed E-state index contributed by atoms with van der Waals surface area (Å²) in [5.41, 5.74) is 6.75. The fourth-order valence-corrected chi connectivity index (χ4v) is 3.23. The number of amides is 1. The normalized spacial score (nSPS) is 10.2. The Labute approximate surface area is 190 Å². The Hall–Kier alpha value is -1.95. The molecule has 0 atom stereocenters. The van der Waals surface area contributed by atoms with E-state index in [-0.39, 0.29) is 18.3 Å². The van der Waals surface area contributed by atoms with Crippen molar-refractivity contribution in [3.63, 3.8) is 0 Å². The Morgan fingerprint density at radius 1 is 0.862 bits per heavy atom. The van der Waals surface area contributed by atoms with E-state index in [1.807, 2.05) is 0 Å². The third-order valence-corrected chi connectivity index (χ3v) is 4.76. The molecule has 0 radical (unpaired) electrons. The van der Waals surface area contributed by atoms with Crippen LogP contribution in [0.25, 0.3) is 0 Å². The topological polar surface area (TPSA) is 55.6 Å². The summed E-state index contributed by atoms with van der Waals surface area (Å²) in [6.07, 6.45) is 0. The first-order valence-corrected chi connectivity index (χ1v) is 9.62. The number of nitrogens with two attached hydrogens (primary N) is 1. The van der Waals surface area contributed by atoms with Gasteiger partial charge in [0.05, 0.1) is 10.6 Å². The van der Waals surface area contributed by atoms with Crippen LogP contribution in [-0.4, -0.2) is 19.0 Å². The summed E-state index contributed by atoms with van der Waals surface area (Å²) in [6.45, 7) is 0.648. The zero-order valence-corrected chi connectivity index (χ0v) is 18.2. The maximum atomic E-state index is 13.0. The number of benzene rings is 3. The van der Waals surface area contributed by atoms with Gasteiger partial charge >= 0.3 is 0 Å². The summed E-state index contributed by atoms with van der Waals surface area (Å²) in [4.78, 5) is 14.5. The highest BCUT2D eigenvalue weighted by Crippen LogP contribution is 2.28. The Kier molecular flexibility index (Phi) is 8.62. The van der Waals surface area contributed by atoms with Crippen LogP contribution in [0.1, 0.15) is 10.4 Å². The van der Waals surface area contributed by atoms with Gasteiger partial charge in [-0.25, -0.2) is 0 Å². The van der Waals surface area contributed by atoms with Crippen molar-refractivity contribution < 1.29 is 9.53 Å². The van der Waals surface area contributed by atoms with Gasteiger partial charge in [-0.05, 0) is 66.7 Å². The molecule has 0 aliphatic rings. The molecule has 152 valence electrons. The third-order valence-electron chi connectivity index (χ3n) is 3.96. The minimum atomic E-state index is -0.251. The van der Waals surface area contributed by atoms with Gasteiger partial charge in [0.15, 0.2) is 0 Å². The number of carbonyl (C=O) groups is 1. The molecule has 0 aliphatic heterocycles. The molecular formula is C21H18Cl4N2O2. The van der Waals surface area contributed by atoms with Crippen LogP contribution in [0.15, 0.2) is 66.7 Å². The average molecular weight is 472 g/mol. The quantitative estimate of drug-likeness (QED) is 0.448. The van der Waals surface area contributed by atoms with Crippen LogP contribution in [0.3, 0.4) is 0 Å². The van der Waals surface area contributed by atoms with Crippen molar-refractivity contribution >= 4 is 58.8 Å². The fraction of sp³-hybridized carbons (Fsp3) is 0.0952. The van der Waals surface area contributed by atoms with E-state index >= 15 is 0 Å². The molecule has 29 heavy (non-hydrogen) atoms. The Bertz CT molecular complexity index is 963. The van der Waals surface area contributed by atoms with E-state index in [9.17, 15) is 4.79 Å². The number of nitrogens with zero attached hydrogens (tertiary/aromatic N) is 1. The lowest BCUT2D eigenvalue weighted by molar-refractivity contribution is 0.0987. The van der Waals surface area contributed by atoms with E-state index in [4.69, 9.17) is 45.3 Å². The molecule has 0 aromatic heterocycles. The molecule has 0 spiro atoms. The molecule has 0 saturated carbocycles. The van der Waals surface area contributed by atoms with E-state index in [1.165, 1.54) is 0 Å². The van der Waals surface area contributed by atoms with E-state index in [2.05, 4.69) is 0 Å². The maximum Gasteiger partial charge on any atom is 0.259 e. The molecule has 8 heteroatoms. The molecule has 2 N–H and O–H groups in total. The van der Waals surface area contributed by atoms with Crippen LogP contribution in [0, 0.1) is 0 Å². The van der Waals surface area contributed by atoms with Crippen LogP contribution in [0.4, 0.5) is 5.69 Å². The summed E-state index contributed by atoms with van der Waals surface area (Å²) >= 11 is 18.0. The van der Waals surface area contributed by atoms with Crippen molar-refractivity contribution in [1.29, 1.82) is 0 Å². The van der Waals surface area contributed by atoms with E-state index in [0.717, 1.165) is 0 Å². The predicted octanol–water partition coefficient (Wildman–Crippen LogP) is 6.47. The van der Waals surface area contributed by atoms with Gasteiger partial charge in [0, 0.05) is 28.8 Å². The molecule has 0 saturated heterocycles. The zero-order chi connectivity index (χ0) is 20.1. The van der Waals surface area contributed by atoms with Crippen LogP contribution in [-0.2, 0) is 0 Å². The highest BCUT2D eigenvalue weighted by molar-refractivity contribution is 6.37. The van der Waals surface area contributed by atoms with Gasteiger partial charge in [0.1, 0.15) is 11.5 Å². The standard InChI is InChI=1S/C21H17Cl3N2O2.ClH/c22-14-1-6-17(7-2-14)28-18-8-4-16(5-9-18)26(12-11-25)21(27)19-10-3-15(23)13-20(19)24;/h1-10,13H,11-12,25H2;1H. The Morgan fingerprint density at radius 3 is 1.97 bits per heavy atom. The van der Waals surface area contributed by atoms with E-state index < -0.39 is 0 Å².